The lowest BCUT2D eigenvalue weighted by Crippen LogP contribution is -2.47. The van der Waals surface area contributed by atoms with Gasteiger partial charge in [-0.2, -0.15) is 0 Å². The fourth-order valence-corrected chi connectivity index (χ4v) is 3.41. The van der Waals surface area contributed by atoms with Gasteiger partial charge in [0, 0.05) is 52.0 Å². The highest BCUT2D eigenvalue weighted by molar-refractivity contribution is 6.00. The summed E-state index contributed by atoms with van der Waals surface area (Å²) >= 11 is 0. The summed E-state index contributed by atoms with van der Waals surface area (Å²) in [6.07, 6.45) is 0. The summed E-state index contributed by atoms with van der Waals surface area (Å²) in [6, 6.07) is 16.1. The van der Waals surface area contributed by atoms with Crippen molar-refractivity contribution in [2.75, 3.05) is 63.6 Å². The van der Waals surface area contributed by atoms with E-state index in [1.165, 1.54) is 5.69 Å². The number of anilines is 2. The maximum atomic E-state index is 12.1. The van der Waals surface area contributed by atoms with Gasteiger partial charge in [-0.3, -0.25) is 9.69 Å². The Labute approximate surface area is 161 Å². The first-order chi connectivity index (χ1) is 13.2. The second-order valence-electron chi connectivity index (χ2n) is 6.55. The van der Waals surface area contributed by atoms with Crippen molar-refractivity contribution in [3.63, 3.8) is 0 Å². The van der Waals surface area contributed by atoms with E-state index in [1.807, 2.05) is 18.2 Å². The normalized spacial score (nSPS) is 14.7. The fraction of sp³-hybridized carbons (Fsp3) is 0.381. The molecule has 1 fully saturated rings. The highest BCUT2D eigenvalue weighted by Gasteiger charge is 2.18. The largest absolute Gasteiger partial charge is 0.495 e. The van der Waals surface area contributed by atoms with Crippen LogP contribution in [0.4, 0.5) is 11.4 Å². The second kappa shape index (κ2) is 9.28. The second-order valence-corrected chi connectivity index (χ2v) is 6.55. The number of rotatable bonds is 7. The molecule has 0 unspecified atom stereocenters. The number of benzene rings is 2. The minimum absolute atomic E-state index is 0.118. The highest BCUT2D eigenvalue weighted by Crippen LogP contribution is 2.28. The third kappa shape index (κ3) is 4.71. The number of nitrogens with zero attached hydrogens (tertiary/aromatic N) is 2. The fourth-order valence-electron chi connectivity index (χ4n) is 3.41. The standard InChI is InChI=1S/C21H28N4O2/c1-22-21(26)18-9-6-10-19(27-2)20(18)23-11-12-24-13-15-25(16-14-24)17-7-4-3-5-8-17/h3-10,23H,11-16H2,1-2H3,(H,22,26). The van der Waals surface area contributed by atoms with Crippen LogP contribution in [0.2, 0.25) is 0 Å². The van der Waals surface area contributed by atoms with Gasteiger partial charge < -0.3 is 20.3 Å². The predicted octanol–water partition coefficient (Wildman–Crippen LogP) is 2.29. The van der Waals surface area contributed by atoms with Crippen LogP contribution in [0.5, 0.6) is 5.75 Å². The summed E-state index contributed by atoms with van der Waals surface area (Å²) in [4.78, 5) is 17.0. The molecule has 27 heavy (non-hydrogen) atoms. The monoisotopic (exact) mass is 368 g/mol. The van der Waals surface area contributed by atoms with E-state index in [2.05, 4.69) is 50.8 Å². The molecule has 0 aromatic heterocycles. The first-order valence-electron chi connectivity index (χ1n) is 9.38. The Balaban J connectivity index is 1.53. The molecule has 1 aliphatic rings. The average Bonchev–Trinajstić information content (AvgIpc) is 2.74. The summed E-state index contributed by atoms with van der Waals surface area (Å²) in [5.74, 6) is 0.567. The van der Waals surface area contributed by atoms with Crippen molar-refractivity contribution in [3.8, 4) is 5.75 Å². The molecular formula is C21H28N4O2. The van der Waals surface area contributed by atoms with Crippen molar-refractivity contribution in [3.05, 3.63) is 54.1 Å². The molecule has 2 aromatic rings. The molecule has 1 amide bonds. The molecule has 1 heterocycles. The molecule has 0 saturated carbocycles. The zero-order chi connectivity index (χ0) is 19.1. The number of hydrogen-bond donors (Lipinski definition) is 2. The van der Waals surface area contributed by atoms with Gasteiger partial charge in [0.15, 0.2) is 0 Å². The SMILES string of the molecule is CNC(=O)c1cccc(OC)c1NCCN1CCN(c2ccccc2)CC1. The van der Waals surface area contributed by atoms with Gasteiger partial charge in [0.05, 0.1) is 18.4 Å². The first-order valence-corrected chi connectivity index (χ1v) is 9.38. The van der Waals surface area contributed by atoms with E-state index in [0.29, 0.717) is 11.3 Å². The lowest BCUT2D eigenvalue weighted by molar-refractivity contribution is 0.0963. The van der Waals surface area contributed by atoms with Crippen LogP contribution in [-0.2, 0) is 0 Å². The molecule has 144 valence electrons. The molecule has 2 N–H and O–H groups in total. The predicted molar refractivity (Wildman–Crippen MR) is 110 cm³/mol. The maximum Gasteiger partial charge on any atom is 0.253 e. The number of hydrogen-bond acceptors (Lipinski definition) is 5. The van der Waals surface area contributed by atoms with Crippen molar-refractivity contribution in [2.45, 2.75) is 0 Å². The molecule has 2 aromatic carbocycles. The third-order valence-corrected chi connectivity index (χ3v) is 4.94. The third-order valence-electron chi connectivity index (χ3n) is 4.94. The number of piperazine rings is 1. The summed E-state index contributed by atoms with van der Waals surface area (Å²) < 4.78 is 5.42. The molecule has 0 bridgehead atoms. The number of carbonyl (C=O) groups excluding carboxylic acids is 1. The summed E-state index contributed by atoms with van der Waals surface area (Å²) in [7, 11) is 3.26. The van der Waals surface area contributed by atoms with Gasteiger partial charge in [-0.1, -0.05) is 24.3 Å². The minimum atomic E-state index is -0.118. The Morgan fingerprint density at radius 1 is 1.04 bits per heavy atom. The summed E-state index contributed by atoms with van der Waals surface area (Å²) in [5.41, 5.74) is 2.65. The highest BCUT2D eigenvalue weighted by atomic mass is 16.5. The molecule has 6 heteroatoms. The lowest BCUT2D eigenvalue weighted by atomic mass is 10.1. The van der Waals surface area contributed by atoms with Crippen molar-refractivity contribution < 1.29 is 9.53 Å². The van der Waals surface area contributed by atoms with E-state index < -0.39 is 0 Å². The van der Waals surface area contributed by atoms with Gasteiger partial charge in [-0.05, 0) is 24.3 Å². The van der Waals surface area contributed by atoms with Gasteiger partial charge in [-0.25, -0.2) is 0 Å². The Morgan fingerprint density at radius 2 is 1.78 bits per heavy atom. The van der Waals surface area contributed by atoms with Crippen molar-refractivity contribution in [1.82, 2.24) is 10.2 Å². The Kier molecular flexibility index (Phi) is 6.54. The molecule has 3 rings (SSSR count). The topological polar surface area (TPSA) is 56.8 Å². The van der Waals surface area contributed by atoms with E-state index in [9.17, 15) is 4.79 Å². The minimum Gasteiger partial charge on any atom is -0.495 e. The van der Waals surface area contributed by atoms with Crippen molar-refractivity contribution in [1.29, 1.82) is 0 Å². The molecular weight excluding hydrogens is 340 g/mol. The number of nitrogens with one attached hydrogen (secondary N) is 2. The van der Waals surface area contributed by atoms with Gasteiger partial charge in [0.1, 0.15) is 5.75 Å². The van der Waals surface area contributed by atoms with Crippen LogP contribution in [0.3, 0.4) is 0 Å². The molecule has 0 aliphatic carbocycles. The zero-order valence-electron chi connectivity index (χ0n) is 16.1. The smallest absolute Gasteiger partial charge is 0.253 e. The van der Waals surface area contributed by atoms with Crippen LogP contribution in [0.15, 0.2) is 48.5 Å². The average molecular weight is 368 g/mol. The van der Waals surface area contributed by atoms with E-state index in [4.69, 9.17) is 4.74 Å². The summed E-state index contributed by atoms with van der Waals surface area (Å²) in [5, 5.41) is 6.08. The van der Waals surface area contributed by atoms with Crippen LogP contribution in [0.1, 0.15) is 10.4 Å². The number of carbonyl (C=O) groups is 1. The number of ether oxygens (including phenoxy) is 1. The number of amides is 1. The van der Waals surface area contributed by atoms with Crippen LogP contribution in [0, 0.1) is 0 Å². The first kappa shape index (κ1) is 19.0. The Hall–Kier alpha value is -2.73. The maximum absolute atomic E-state index is 12.1. The zero-order valence-corrected chi connectivity index (χ0v) is 16.1. The molecule has 0 radical (unpaired) electrons. The van der Waals surface area contributed by atoms with Crippen LogP contribution in [-0.4, -0.2) is 64.2 Å². The van der Waals surface area contributed by atoms with Crippen LogP contribution >= 0.6 is 0 Å². The Morgan fingerprint density at radius 3 is 2.44 bits per heavy atom. The molecule has 0 atom stereocenters. The molecule has 1 saturated heterocycles. The van der Waals surface area contributed by atoms with Gasteiger partial charge >= 0.3 is 0 Å². The Bertz CT molecular complexity index is 743. The molecule has 0 spiro atoms. The van der Waals surface area contributed by atoms with Crippen molar-refractivity contribution >= 4 is 17.3 Å². The van der Waals surface area contributed by atoms with E-state index in [-0.39, 0.29) is 5.91 Å². The quantitative estimate of drug-likeness (QED) is 0.785. The van der Waals surface area contributed by atoms with Gasteiger partial charge in [0.25, 0.3) is 5.91 Å². The van der Waals surface area contributed by atoms with E-state index in [1.54, 1.807) is 14.2 Å². The van der Waals surface area contributed by atoms with E-state index >= 15 is 0 Å². The van der Waals surface area contributed by atoms with Crippen molar-refractivity contribution in [2.24, 2.45) is 0 Å². The number of methoxy groups -OCH3 is 1. The van der Waals surface area contributed by atoms with Crippen LogP contribution in [0.25, 0.3) is 0 Å². The summed E-state index contributed by atoms with van der Waals surface area (Å²) in [6.45, 7) is 5.81. The lowest BCUT2D eigenvalue weighted by Gasteiger charge is -2.36. The van der Waals surface area contributed by atoms with Gasteiger partial charge in [0.2, 0.25) is 0 Å². The van der Waals surface area contributed by atoms with Gasteiger partial charge in [-0.15, -0.1) is 0 Å². The molecule has 1 aliphatic heterocycles. The van der Waals surface area contributed by atoms with Crippen LogP contribution < -0.4 is 20.3 Å². The van der Waals surface area contributed by atoms with E-state index in [0.717, 1.165) is 45.0 Å². The number of para-hydroxylation sites is 2. The molecule has 6 nitrogen and oxygen atoms in total.